The standard InChI is InChI=1S/C22H48N3O5S/c1-9-10-16-24(5,6)17-11-14-23(21(26)30-22(2,3)4)15-12-18-25(7,8)19-13-20-31(27,28)29/h9-20H2,1-8H3/q+1/p+1. The third-order valence-electron chi connectivity index (χ3n) is 5.32. The van der Waals surface area contributed by atoms with E-state index in [1.165, 1.54) is 12.8 Å². The summed E-state index contributed by atoms with van der Waals surface area (Å²) in [5.74, 6) is -0.217. The van der Waals surface area contributed by atoms with Crippen molar-refractivity contribution in [1.82, 2.24) is 4.90 Å². The third-order valence-corrected chi connectivity index (χ3v) is 6.12. The summed E-state index contributed by atoms with van der Waals surface area (Å²) in [5, 5.41) is 0. The number of carbonyl (C=O) groups is 1. The van der Waals surface area contributed by atoms with Gasteiger partial charge in [-0.2, -0.15) is 8.42 Å². The van der Waals surface area contributed by atoms with E-state index in [1.807, 2.05) is 39.8 Å². The van der Waals surface area contributed by atoms with Crippen LogP contribution in [0.5, 0.6) is 0 Å². The summed E-state index contributed by atoms with van der Waals surface area (Å²) < 4.78 is 38.0. The summed E-state index contributed by atoms with van der Waals surface area (Å²) in [4.78, 5) is 14.5. The van der Waals surface area contributed by atoms with Crippen molar-refractivity contribution in [1.29, 1.82) is 0 Å². The lowest BCUT2D eigenvalue weighted by molar-refractivity contribution is -0.890. The number of rotatable bonds is 15. The second-order valence-corrected chi connectivity index (χ2v) is 12.5. The van der Waals surface area contributed by atoms with E-state index in [2.05, 4.69) is 21.0 Å². The number of unbranched alkanes of at least 4 members (excludes halogenated alkanes) is 1. The highest BCUT2D eigenvalue weighted by Crippen LogP contribution is 2.12. The largest absolute Gasteiger partial charge is 0.444 e. The van der Waals surface area contributed by atoms with Crippen LogP contribution in [0.15, 0.2) is 0 Å². The van der Waals surface area contributed by atoms with Gasteiger partial charge in [0.2, 0.25) is 0 Å². The van der Waals surface area contributed by atoms with Crippen molar-refractivity contribution < 1.29 is 31.5 Å². The highest BCUT2D eigenvalue weighted by atomic mass is 32.2. The second-order valence-electron chi connectivity index (χ2n) is 10.9. The lowest BCUT2D eigenvalue weighted by atomic mass is 10.2. The highest BCUT2D eigenvalue weighted by molar-refractivity contribution is 7.85. The average molecular weight is 468 g/mol. The monoisotopic (exact) mass is 467 g/mol. The Hall–Kier alpha value is -0.900. The fraction of sp³-hybridized carbons (Fsp3) is 0.955. The summed E-state index contributed by atoms with van der Waals surface area (Å²) in [6, 6.07) is 0. The molecule has 0 fully saturated rings. The van der Waals surface area contributed by atoms with Crippen LogP contribution in [0.2, 0.25) is 0 Å². The molecule has 0 atom stereocenters. The number of carbonyl (C=O) groups excluding carboxylic acids is 1. The molecule has 186 valence electrons. The molecule has 0 bridgehead atoms. The maximum atomic E-state index is 12.7. The molecule has 8 nitrogen and oxygen atoms in total. The first kappa shape index (κ1) is 30.1. The van der Waals surface area contributed by atoms with Crippen LogP contribution in [0.4, 0.5) is 4.79 Å². The molecule has 0 aliphatic heterocycles. The summed E-state index contributed by atoms with van der Waals surface area (Å²) in [7, 11) is 4.63. The SMILES string of the molecule is CCCC[N+](C)(C)CCCN(CCC[N+](C)(C)CCCS(=O)(=O)O)C(=O)OC(C)(C)C. The van der Waals surface area contributed by atoms with Gasteiger partial charge in [-0.15, -0.1) is 0 Å². The van der Waals surface area contributed by atoms with Crippen molar-refractivity contribution in [3.05, 3.63) is 0 Å². The van der Waals surface area contributed by atoms with Gasteiger partial charge in [0.25, 0.3) is 10.1 Å². The first-order valence-corrected chi connectivity index (χ1v) is 13.1. The molecule has 0 saturated carbocycles. The van der Waals surface area contributed by atoms with Gasteiger partial charge in [-0.05, 0) is 27.2 Å². The number of amides is 1. The van der Waals surface area contributed by atoms with Gasteiger partial charge in [-0.1, -0.05) is 13.3 Å². The maximum Gasteiger partial charge on any atom is 0.410 e. The smallest absolute Gasteiger partial charge is 0.410 e. The minimum atomic E-state index is -3.92. The Labute approximate surface area is 191 Å². The van der Waals surface area contributed by atoms with Crippen LogP contribution in [-0.4, -0.2) is 112 Å². The van der Waals surface area contributed by atoms with Crippen LogP contribution in [0.1, 0.15) is 59.8 Å². The summed E-state index contributed by atoms with van der Waals surface area (Å²) in [6.07, 6.45) is 4.24. The number of ether oxygens (including phenoxy) is 1. The van der Waals surface area contributed by atoms with Gasteiger partial charge in [0.05, 0.1) is 60.1 Å². The first-order valence-electron chi connectivity index (χ1n) is 11.5. The zero-order valence-electron chi connectivity index (χ0n) is 21.3. The molecule has 1 N–H and O–H groups in total. The van der Waals surface area contributed by atoms with Crippen molar-refractivity contribution >= 4 is 16.2 Å². The van der Waals surface area contributed by atoms with Gasteiger partial charge in [0.15, 0.2) is 0 Å². The van der Waals surface area contributed by atoms with E-state index >= 15 is 0 Å². The van der Waals surface area contributed by atoms with Gasteiger partial charge in [-0.25, -0.2) is 4.79 Å². The molecule has 1 amide bonds. The first-order chi connectivity index (χ1) is 14.0. The number of hydrogen-bond acceptors (Lipinski definition) is 4. The molecule has 0 heterocycles. The Bertz CT molecular complexity index is 628. The molecule has 0 saturated heterocycles. The Morgan fingerprint density at radius 1 is 0.871 bits per heavy atom. The lowest BCUT2D eigenvalue weighted by Crippen LogP contribution is -2.45. The number of nitrogens with zero attached hydrogens (tertiary/aromatic N) is 3. The molecule has 0 aliphatic carbocycles. The Morgan fingerprint density at radius 2 is 1.29 bits per heavy atom. The Balaban J connectivity index is 4.75. The van der Waals surface area contributed by atoms with E-state index < -0.39 is 15.7 Å². The second kappa shape index (κ2) is 13.0. The molecule has 0 aromatic heterocycles. The fourth-order valence-corrected chi connectivity index (χ4v) is 3.98. The molecule has 0 unspecified atom stereocenters. The number of quaternary nitrogens is 2. The molecule has 9 heteroatoms. The topological polar surface area (TPSA) is 83.9 Å². The molecule has 0 aromatic rings. The molecule has 0 rings (SSSR count). The lowest BCUT2D eigenvalue weighted by Gasteiger charge is -2.33. The van der Waals surface area contributed by atoms with Crippen LogP contribution >= 0.6 is 0 Å². The predicted octanol–water partition coefficient (Wildman–Crippen LogP) is 3.23. The van der Waals surface area contributed by atoms with Crippen LogP contribution in [0.25, 0.3) is 0 Å². The minimum Gasteiger partial charge on any atom is -0.444 e. The molecule has 31 heavy (non-hydrogen) atoms. The molecular weight excluding hydrogens is 418 g/mol. The fourth-order valence-electron chi connectivity index (χ4n) is 3.48. The van der Waals surface area contributed by atoms with E-state index in [0.717, 1.165) is 37.0 Å². The predicted molar refractivity (Wildman–Crippen MR) is 127 cm³/mol. The zero-order valence-corrected chi connectivity index (χ0v) is 22.1. The van der Waals surface area contributed by atoms with E-state index in [1.54, 1.807) is 0 Å². The van der Waals surface area contributed by atoms with E-state index in [9.17, 15) is 13.2 Å². The molecule has 0 spiro atoms. The maximum absolute atomic E-state index is 12.7. The quantitative estimate of drug-likeness (QED) is 0.295. The van der Waals surface area contributed by atoms with E-state index in [4.69, 9.17) is 9.29 Å². The van der Waals surface area contributed by atoms with Crippen LogP contribution in [0, 0.1) is 0 Å². The normalized spacial score (nSPS) is 13.3. The van der Waals surface area contributed by atoms with E-state index in [-0.39, 0.29) is 11.8 Å². The molecule has 0 aromatic carbocycles. The van der Waals surface area contributed by atoms with Crippen molar-refractivity contribution in [3.63, 3.8) is 0 Å². The van der Waals surface area contributed by atoms with Gasteiger partial charge in [-0.3, -0.25) is 4.55 Å². The van der Waals surface area contributed by atoms with Gasteiger partial charge in [0, 0.05) is 32.4 Å². The van der Waals surface area contributed by atoms with Crippen LogP contribution in [0.3, 0.4) is 0 Å². The Morgan fingerprint density at radius 3 is 1.68 bits per heavy atom. The van der Waals surface area contributed by atoms with E-state index in [0.29, 0.717) is 30.5 Å². The summed E-state index contributed by atoms with van der Waals surface area (Å²) >= 11 is 0. The molecule has 0 aliphatic rings. The summed E-state index contributed by atoms with van der Waals surface area (Å²) in [6.45, 7) is 12.7. The van der Waals surface area contributed by atoms with Crippen molar-refractivity contribution in [2.45, 2.75) is 65.4 Å². The molecule has 0 radical (unpaired) electrons. The minimum absolute atomic E-state index is 0.217. The summed E-state index contributed by atoms with van der Waals surface area (Å²) in [5.41, 5.74) is -0.531. The molecular formula is C22H49N3O5S+2. The average Bonchev–Trinajstić information content (AvgIpc) is 2.55. The zero-order chi connectivity index (χ0) is 24.3. The van der Waals surface area contributed by atoms with Crippen molar-refractivity contribution in [2.75, 3.05) is 73.2 Å². The van der Waals surface area contributed by atoms with Crippen LogP contribution in [-0.2, 0) is 14.9 Å². The number of hydrogen-bond donors (Lipinski definition) is 1. The highest BCUT2D eigenvalue weighted by Gasteiger charge is 2.24. The Kier molecular flexibility index (Phi) is 12.6. The van der Waals surface area contributed by atoms with Crippen molar-refractivity contribution in [2.24, 2.45) is 0 Å². The van der Waals surface area contributed by atoms with Gasteiger partial charge in [0.1, 0.15) is 5.60 Å². The third kappa shape index (κ3) is 17.3. The van der Waals surface area contributed by atoms with Gasteiger partial charge < -0.3 is 18.6 Å². The van der Waals surface area contributed by atoms with Crippen LogP contribution < -0.4 is 0 Å². The van der Waals surface area contributed by atoms with Crippen molar-refractivity contribution in [3.8, 4) is 0 Å². The van der Waals surface area contributed by atoms with Gasteiger partial charge >= 0.3 is 6.09 Å².